The molecule has 3 amide bonds. The van der Waals surface area contributed by atoms with Gasteiger partial charge in [-0.1, -0.05) is 0 Å². The number of likely N-dealkylation sites (tertiary alicyclic amines) is 1. The molecule has 2 heterocycles. The molecule has 2 saturated heterocycles. The first-order chi connectivity index (χ1) is 11.9. The molecule has 1 aromatic rings. The van der Waals surface area contributed by atoms with Crippen LogP contribution in [0.15, 0.2) is 24.3 Å². The van der Waals surface area contributed by atoms with Crippen LogP contribution in [0.4, 0.5) is 10.5 Å². The smallest absolute Gasteiger partial charge is 0.319 e. The van der Waals surface area contributed by atoms with Crippen LogP contribution < -0.4 is 10.6 Å². The van der Waals surface area contributed by atoms with E-state index in [4.69, 9.17) is 0 Å². The first kappa shape index (κ1) is 17.7. The number of nitrogens with one attached hydrogen (secondary N) is 2. The third-order valence-electron chi connectivity index (χ3n) is 4.66. The molecule has 3 rings (SSSR count). The van der Waals surface area contributed by atoms with Gasteiger partial charge in [-0.2, -0.15) is 0 Å². The second-order valence-corrected chi connectivity index (χ2v) is 8.91. The molecule has 2 aliphatic rings. The predicted molar refractivity (Wildman–Crippen MR) is 95.4 cm³/mol. The van der Waals surface area contributed by atoms with E-state index in [0.717, 1.165) is 25.9 Å². The Morgan fingerprint density at radius 2 is 1.80 bits per heavy atom. The highest BCUT2D eigenvalue weighted by Gasteiger charge is 2.27. The first-order valence-electron chi connectivity index (χ1n) is 8.57. The Kier molecular flexibility index (Phi) is 5.27. The van der Waals surface area contributed by atoms with E-state index in [1.165, 1.54) is 0 Å². The molecule has 0 radical (unpaired) electrons. The van der Waals surface area contributed by atoms with Crippen molar-refractivity contribution in [3.63, 3.8) is 0 Å². The Morgan fingerprint density at radius 3 is 2.40 bits per heavy atom. The number of urea groups is 1. The van der Waals surface area contributed by atoms with Crippen LogP contribution in [-0.2, 0) is 9.84 Å². The van der Waals surface area contributed by atoms with E-state index in [2.05, 4.69) is 10.6 Å². The number of nitrogens with zero attached hydrogens (tertiary/aromatic N) is 1. The number of hydrogen-bond donors (Lipinski definition) is 2. The minimum absolute atomic E-state index is 0.0174. The summed E-state index contributed by atoms with van der Waals surface area (Å²) in [7, 11) is -2.93. The standard InChI is InChI=1S/C17H23N3O4S/c21-16(20-8-1-2-9-20)14-3-5-15(6-4-14)19-17(22)18-11-13-7-10-25(23,24)12-13/h3-6,13H,1-2,7-12H2,(H2,18,19,22). The van der Waals surface area contributed by atoms with Crippen molar-refractivity contribution in [1.82, 2.24) is 10.2 Å². The molecular weight excluding hydrogens is 342 g/mol. The number of anilines is 1. The third-order valence-corrected chi connectivity index (χ3v) is 6.50. The fourth-order valence-corrected chi connectivity index (χ4v) is 5.11. The van der Waals surface area contributed by atoms with Gasteiger partial charge in [-0.25, -0.2) is 13.2 Å². The summed E-state index contributed by atoms with van der Waals surface area (Å²) in [6.45, 7) is 1.95. The van der Waals surface area contributed by atoms with E-state index < -0.39 is 9.84 Å². The van der Waals surface area contributed by atoms with Crippen LogP contribution in [-0.4, -0.2) is 56.4 Å². The highest BCUT2D eigenvalue weighted by Crippen LogP contribution is 2.18. The van der Waals surface area contributed by atoms with Gasteiger partial charge in [0, 0.05) is 30.9 Å². The lowest BCUT2D eigenvalue weighted by molar-refractivity contribution is 0.0793. The van der Waals surface area contributed by atoms with Gasteiger partial charge < -0.3 is 15.5 Å². The second kappa shape index (κ2) is 7.43. The number of benzene rings is 1. The molecule has 0 bridgehead atoms. The SMILES string of the molecule is O=C(NCC1CCS(=O)(=O)C1)Nc1ccc(C(=O)N2CCCC2)cc1. The predicted octanol–water partition coefficient (Wildman–Crippen LogP) is 1.48. The molecule has 2 N–H and O–H groups in total. The molecular formula is C17H23N3O4S. The number of sulfone groups is 1. The van der Waals surface area contributed by atoms with Crippen LogP contribution in [0.1, 0.15) is 29.6 Å². The minimum Gasteiger partial charge on any atom is -0.339 e. The average Bonchev–Trinajstić information content (AvgIpc) is 3.22. The molecule has 7 nitrogen and oxygen atoms in total. The summed E-state index contributed by atoms with van der Waals surface area (Å²) in [5, 5.41) is 5.40. The third kappa shape index (κ3) is 4.72. The molecule has 2 aliphatic heterocycles. The second-order valence-electron chi connectivity index (χ2n) is 6.68. The van der Waals surface area contributed by atoms with Gasteiger partial charge in [-0.05, 0) is 49.4 Å². The average molecular weight is 365 g/mol. The van der Waals surface area contributed by atoms with E-state index >= 15 is 0 Å². The Bertz CT molecular complexity index is 740. The summed E-state index contributed by atoms with van der Waals surface area (Å²) in [5.41, 5.74) is 1.21. The summed E-state index contributed by atoms with van der Waals surface area (Å²) in [6.07, 6.45) is 2.69. The summed E-state index contributed by atoms with van der Waals surface area (Å²) in [5.74, 6) is 0.348. The quantitative estimate of drug-likeness (QED) is 0.845. The van der Waals surface area contributed by atoms with Crippen molar-refractivity contribution in [2.24, 2.45) is 5.92 Å². The van der Waals surface area contributed by atoms with Crippen LogP contribution in [0.25, 0.3) is 0 Å². The van der Waals surface area contributed by atoms with Crippen LogP contribution in [0.3, 0.4) is 0 Å². The highest BCUT2D eigenvalue weighted by molar-refractivity contribution is 7.91. The van der Waals surface area contributed by atoms with E-state index in [0.29, 0.717) is 24.2 Å². The maximum Gasteiger partial charge on any atom is 0.319 e. The molecule has 1 unspecified atom stereocenters. The van der Waals surface area contributed by atoms with Crippen LogP contribution in [0.5, 0.6) is 0 Å². The maximum atomic E-state index is 12.3. The lowest BCUT2D eigenvalue weighted by Gasteiger charge is -2.15. The molecule has 1 atom stereocenters. The van der Waals surface area contributed by atoms with E-state index in [-0.39, 0.29) is 29.4 Å². The van der Waals surface area contributed by atoms with Gasteiger partial charge in [0.05, 0.1) is 11.5 Å². The van der Waals surface area contributed by atoms with Gasteiger partial charge in [0.2, 0.25) is 0 Å². The fraction of sp³-hybridized carbons (Fsp3) is 0.529. The van der Waals surface area contributed by atoms with Crippen molar-refractivity contribution in [2.75, 3.05) is 36.5 Å². The molecule has 0 aromatic heterocycles. The van der Waals surface area contributed by atoms with Gasteiger partial charge in [0.15, 0.2) is 9.84 Å². The van der Waals surface area contributed by atoms with E-state index in [1.807, 2.05) is 4.90 Å². The zero-order valence-corrected chi connectivity index (χ0v) is 14.8. The Labute approximate surface area is 147 Å². The van der Waals surface area contributed by atoms with E-state index in [1.54, 1.807) is 24.3 Å². The Morgan fingerprint density at radius 1 is 1.12 bits per heavy atom. The fourth-order valence-electron chi connectivity index (χ4n) is 3.24. The number of amides is 3. The van der Waals surface area contributed by atoms with Gasteiger partial charge in [-0.15, -0.1) is 0 Å². The van der Waals surface area contributed by atoms with E-state index in [9.17, 15) is 18.0 Å². The number of rotatable bonds is 4. The highest BCUT2D eigenvalue weighted by atomic mass is 32.2. The molecule has 0 saturated carbocycles. The van der Waals surface area contributed by atoms with Gasteiger partial charge in [0.1, 0.15) is 0 Å². The molecule has 25 heavy (non-hydrogen) atoms. The zero-order chi connectivity index (χ0) is 17.9. The van der Waals surface area contributed by atoms with Crippen molar-refractivity contribution >= 4 is 27.5 Å². The van der Waals surface area contributed by atoms with Gasteiger partial charge in [-0.3, -0.25) is 4.79 Å². The number of carbonyl (C=O) groups excluding carboxylic acids is 2. The Balaban J connectivity index is 1.47. The summed E-state index contributed by atoms with van der Waals surface area (Å²) >= 11 is 0. The molecule has 0 spiro atoms. The van der Waals surface area contributed by atoms with Gasteiger partial charge in [0.25, 0.3) is 5.91 Å². The maximum absolute atomic E-state index is 12.3. The molecule has 8 heteroatoms. The molecule has 0 aliphatic carbocycles. The summed E-state index contributed by atoms with van der Waals surface area (Å²) < 4.78 is 22.8. The molecule has 136 valence electrons. The largest absolute Gasteiger partial charge is 0.339 e. The van der Waals surface area contributed by atoms with Gasteiger partial charge >= 0.3 is 6.03 Å². The van der Waals surface area contributed by atoms with Crippen molar-refractivity contribution in [2.45, 2.75) is 19.3 Å². The Hall–Kier alpha value is -2.09. The monoisotopic (exact) mass is 365 g/mol. The topological polar surface area (TPSA) is 95.6 Å². The lowest BCUT2D eigenvalue weighted by atomic mass is 10.1. The van der Waals surface area contributed by atoms with Crippen molar-refractivity contribution in [1.29, 1.82) is 0 Å². The number of carbonyl (C=O) groups is 2. The molecule has 2 fully saturated rings. The normalized spacial score (nSPS) is 21.9. The van der Waals surface area contributed by atoms with Crippen LogP contribution >= 0.6 is 0 Å². The van der Waals surface area contributed by atoms with Crippen LogP contribution in [0.2, 0.25) is 0 Å². The number of hydrogen-bond acceptors (Lipinski definition) is 4. The summed E-state index contributed by atoms with van der Waals surface area (Å²) in [4.78, 5) is 26.0. The first-order valence-corrected chi connectivity index (χ1v) is 10.4. The zero-order valence-electron chi connectivity index (χ0n) is 14.0. The van der Waals surface area contributed by atoms with Crippen LogP contribution in [0, 0.1) is 5.92 Å². The molecule has 1 aromatic carbocycles. The van der Waals surface area contributed by atoms with Crippen molar-refractivity contribution in [3.8, 4) is 0 Å². The lowest BCUT2D eigenvalue weighted by Crippen LogP contribution is -2.33. The van der Waals surface area contributed by atoms with Crippen molar-refractivity contribution in [3.05, 3.63) is 29.8 Å². The van der Waals surface area contributed by atoms with Crippen molar-refractivity contribution < 1.29 is 18.0 Å². The minimum atomic E-state index is -2.93. The summed E-state index contributed by atoms with van der Waals surface area (Å²) in [6, 6.07) is 6.44.